The predicted octanol–water partition coefficient (Wildman–Crippen LogP) is 5.41. The number of hydrogen-bond acceptors (Lipinski definition) is 4. The minimum absolute atomic E-state index is 0.214. The van der Waals surface area contributed by atoms with Crippen LogP contribution in [0.15, 0.2) is 91.0 Å². The standard InChI is InChI=1S/C27H21N5OS/c1-18-16-23-24(31-32(30-23)25-13-7-11-20-10-5-6-12-21(20)25)17-22(18)28-27(34)29-26(33)15-14-19-8-3-2-4-9-19/h2-17H,1H3,(H2,28,29,33,34)/b15-14+. The Kier molecular flexibility index (Phi) is 5.84. The molecule has 1 heterocycles. The van der Waals surface area contributed by atoms with Crippen LogP contribution in [0.4, 0.5) is 5.69 Å². The van der Waals surface area contributed by atoms with Crippen molar-refractivity contribution in [3.8, 4) is 5.69 Å². The van der Waals surface area contributed by atoms with Crippen molar-refractivity contribution in [2.24, 2.45) is 0 Å². The topological polar surface area (TPSA) is 71.8 Å². The van der Waals surface area contributed by atoms with Crippen LogP contribution in [0.3, 0.4) is 0 Å². The van der Waals surface area contributed by atoms with Crippen molar-refractivity contribution >= 4 is 56.8 Å². The van der Waals surface area contributed by atoms with Crippen LogP contribution in [0.2, 0.25) is 0 Å². The summed E-state index contributed by atoms with van der Waals surface area (Å²) in [5.41, 5.74) is 5.04. The highest BCUT2D eigenvalue weighted by Gasteiger charge is 2.11. The largest absolute Gasteiger partial charge is 0.332 e. The van der Waals surface area contributed by atoms with Crippen molar-refractivity contribution in [3.05, 3.63) is 102 Å². The molecule has 0 bridgehead atoms. The van der Waals surface area contributed by atoms with Gasteiger partial charge in [0.2, 0.25) is 5.91 Å². The molecule has 166 valence electrons. The van der Waals surface area contributed by atoms with Gasteiger partial charge < -0.3 is 5.32 Å². The lowest BCUT2D eigenvalue weighted by molar-refractivity contribution is -0.115. The van der Waals surface area contributed by atoms with Crippen molar-refractivity contribution in [1.29, 1.82) is 0 Å². The Morgan fingerprint density at radius 2 is 1.62 bits per heavy atom. The molecule has 0 unspecified atom stereocenters. The Labute approximate surface area is 201 Å². The molecule has 0 aliphatic rings. The maximum Gasteiger partial charge on any atom is 0.250 e. The van der Waals surface area contributed by atoms with E-state index in [2.05, 4.69) is 39.0 Å². The summed E-state index contributed by atoms with van der Waals surface area (Å²) in [5, 5.41) is 17.6. The molecule has 0 aliphatic carbocycles. The fourth-order valence-electron chi connectivity index (χ4n) is 3.74. The van der Waals surface area contributed by atoms with Crippen LogP contribution in [-0.4, -0.2) is 26.0 Å². The molecular formula is C27H21N5OS. The van der Waals surface area contributed by atoms with Gasteiger partial charge in [-0.15, -0.1) is 15.0 Å². The zero-order chi connectivity index (χ0) is 23.5. The number of benzene rings is 4. The third-order valence-corrected chi connectivity index (χ3v) is 5.62. The summed E-state index contributed by atoms with van der Waals surface area (Å²) in [5.74, 6) is -0.304. The summed E-state index contributed by atoms with van der Waals surface area (Å²) >= 11 is 5.34. The molecular weight excluding hydrogens is 442 g/mol. The predicted molar refractivity (Wildman–Crippen MR) is 141 cm³/mol. The second-order valence-electron chi connectivity index (χ2n) is 7.83. The number of fused-ring (bicyclic) bond motifs is 2. The molecule has 2 N–H and O–H groups in total. The molecule has 0 radical (unpaired) electrons. The highest BCUT2D eigenvalue weighted by Crippen LogP contribution is 2.25. The number of nitrogens with zero attached hydrogens (tertiary/aromatic N) is 3. The molecule has 4 aromatic carbocycles. The molecule has 6 nitrogen and oxygen atoms in total. The number of aromatic nitrogens is 3. The van der Waals surface area contributed by atoms with E-state index in [1.165, 1.54) is 6.08 Å². The SMILES string of the molecule is Cc1cc2nn(-c3cccc4ccccc34)nc2cc1NC(=S)NC(=O)/C=C/c1ccccc1. The van der Waals surface area contributed by atoms with Gasteiger partial charge in [0.15, 0.2) is 5.11 Å². The first kappa shape index (κ1) is 21.5. The number of hydrogen-bond donors (Lipinski definition) is 2. The molecule has 0 aliphatic heterocycles. The number of nitrogens with one attached hydrogen (secondary N) is 2. The van der Waals surface area contributed by atoms with Crippen molar-refractivity contribution < 1.29 is 4.79 Å². The highest BCUT2D eigenvalue weighted by molar-refractivity contribution is 7.80. The van der Waals surface area contributed by atoms with E-state index in [1.807, 2.05) is 73.7 Å². The lowest BCUT2D eigenvalue weighted by Gasteiger charge is -2.10. The zero-order valence-corrected chi connectivity index (χ0v) is 19.2. The van der Waals surface area contributed by atoms with Crippen LogP contribution in [0.5, 0.6) is 0 Å². The average Bonchev–Trinajstić information content (AvgIpc) is 3.25. The maximum absolute atomic E-state index is 12.2. The van der Waals surface area contributed by atoms with Crippen LogP contribution < -0.4 is 10.6 Å². The van der Waals surface area contributed by atoms with Gasteiger partial charge in [-0.1, -0.05) is 66.7 Å². The lowest BCUT2D eigenvalue weighted by Crippen LogP contribution is -2.33. The average molecular weight is 464 g/mol. The monoisotopic (exact) mass is 463 g/mol. The van der Waals surface area contributed by atoms with Crippen LogP contribution in [0.1, 0.15) is 11.1 Å². The van der Waals surface area contributed by atoms with Crippen molar-refractivity contribution in [3.63, 3.8) is 0 Å². The third kappa shape index (κ3) is 4.55. The Balaban J connectivity index is 1.35. The van der Waals surface area contributed by atoms with Gasteiger partial charge in [0.1, 0.15) is 11.0 Å². The van der Waals surface area contributed by atoms with Crippen molar-refractivity contribution in [2.45, 2.75) is 6.92 Å². The molecule has 34 heavy (non-hydrogen) atoms. The Morgan fingerprint density at radius 1 is 0.912 bits per heavy atom. The van der Waals surface area contributed by atoms with E-state index in [-0.39, 0.29) is 11.0 Å². The molecule has 1 amide bonds. The Morgan fingerprint density at radius 3 is 2.44 bits per heavy atom. The smallest absolute Gasteiger partial charge is 0.250 e. The normalized spacial score (nSPS) is 11.2. The molecule has 1 aromatic heterocycles. The quantitative estimate of drug-likeness (QED) is 0.276. The fraction of sp³-hybridized carbons (Fsp3) is 0.0370. The molecule has 5 aromatic rings. The van der Waals surface area contributed by atoms with Gasteiger partial charge in [0.05, 0.1) is 5.69 Å². The van der Waals surface area contributed by atoms with Crippen LogP contribution in [-0.2, 0) is 4.79 Å². The number of carbonyl (C=O) groups excluding carboxylic acids is 1. The lowest BCUT2D eigenvalue weighted by atomic mass is 10.1. The number of thiocarbonyl (C=S) groups is 1. The molecule has 0 saturated heterocycles. The molecule has 0 fully saturated rings. The van der Waals surface area contributed by atoms with E-state index in [0.29, 0.717) is 0 Å². The summed E-state index contributed by atoms with van der Waals surface area (Å²) in [6.07, 6.45) is 3.19. The van der Waals surface area contributed by atoms with Crippen LogP contribution >= 0.6 is 12.2 Å². The van der Waals surface area contributed by atoms with Gasteiger partial charge in [-0.2, -0.15) is 0 Å². The first-order valence-corrected chi connectivity index (χ1v) is 11.2. The number of rotatable bonds is 4. The third-order valence-electron chi connectivity index (χ3n) is 5.42. The van der Waals surface area contributed by atoms with E-state index in [1.54, 1.807) is 10.9 Å². The molecule has 5 rings (SSSR count). The van der Waals surface area contributed by atoms with Crippen LogP contribution in [0.25, 0.3) is 33.6 Å². The van der Waals surface area contributed by atoms with Crippen LogP contribution in [0, 0.1) is 6.92 Å². The first-order valence-electron chi connectivity index (χ1n) is 10.8. The van der Waals surface area contributed by atoms with Gasteiger partial charge in [-0.3, -0.25) is 10.1 Å². The van der Waals surface area contributed by atoms with E-state index in [0.717, 1.165) is 44.3 Å². The number of aryl methyl sites for hydroxylation is 1. The number of carbonyl (C=O) groups is 1. The van der Waals surface area contributed by atoms with Gasteiger partial charge in [-0.05, 0) is 59.9 Å². The molecule has 0 atom stereocenters. The second-order valence-corrected chi connectivity index (χ2v) is 8.24. The summed E-state index contributed by atoms with van der Waals surface area (Å²) in [6.45, 7) is 1.96. The minimum atomic E-state index is -0.304. The zero-order valence-electron chi connectivity index (χ0n) is 18.4. The van der Waals surface area contributed by atoms with Gasteiger partial charge in [0.25, 0.3) is 0 Å². The highest BCUT2D eigenvalue weighted by atomic mass is 32.1. The maximum atomic E-state index is 12.2. The Hall–Kier alpha value is -4.36. The minimum Gasteiger partial charge on any atom is -0.332 e. The molecule has 0 saturated carbocycles. The van der Waals surface area contributed by atoms with E-state index in [9.17, 15) is 4.79 Å². The second kappa shape index (κ2) is 9.25. The molecule has 7 heteroatoms. The summed E-state index contributed by atoms with van der Waals surface area (Å²) in [7, 11) is 0. The van der Waals surface area contributed by atoms with Gasteiger partial charge in [-0.25, -0.2) is 0 Å². The summed E-state index contributed by atoms with van der Waals surface area (Å²) in [4.78, 5) is 13.9. The summed E-state index contributed by atoms with van der Waals surface area (Å²) < 4.78 is 0. The number of amides is 1. The van der Waals surface area contributed by atoms with E-state index in [4.69, 9.17) is 12.2 Å². The van der Waals surface area contributed by atoms with E-state index >= 15 is 0 Å². The van der Waals surface area contributed by atoms with Crippen molar-refractivity contribution in [2.75, 3.05) is 5.32 Å². The Bertz CT molecular complexity index is 1550. The van der Waals surface area contributed by atoms with Crippen molar-refractivity contribution in [1.82, 2.24) is 20.3 Å². The summed E-state index contributed by atoms with van der Waals surface area (Å²) in [6, 6.07) is 27.7. The van der Waals surface area contributed by atoms with Gasteiger partial charge >= 0.3 is 0 Å². The molecule has 0 spiro atoms. The van der Waals surface area contributed by atoms with Gasteiger partial charge in [0, 0.05) is 17.1 Å². The fourth-order valence-corrected chi connectivity index (χ4v) is 3.95. The van der Waals surface area contributed by atoms with E-state index < -0.39 is 0 Å². The number of anilines is 1. The first-order chi connectivity index (χ1) is 16.6.